The van der Waals surface area contributed by atoms with Crippen LogP contribution in [0.1, 0.15) is 29.2 Å². The number of hydrogen-bond acceptors (Lipinski definition) is 3. The second-order valence-electron chi connectivity index (χ2n) is 4.83. The van der Waals surface area contributed by atoms with E-state index in [1.54, 1.807) is 0 Å². The van der Waals surface area contributed by atoms with Gasteiger partial charge in [0.05, 0.1) is 11.5 Å². The molecule has 1 aliphatic heterocycles. The third-order valence-corrected chi connectivity index (χ3v) is 5.00. The van der Waals surface area contributed by atoms with Crippen LogP contribution >= 0.6 is 0 Å². The summed E-state index contributed by atoms with van der Waals surface area (Å²) < 4.78 is 23.6. The highest BCUT2D eigenvalue weighted by Crippen LogP contribution is 2.22. The Hall–Kier alpha value is -0.870. The van der Waals surface area contributed by atoms with Crippen LogP contribution in [0.5, 0.6) is 0 Å². The largest absolute Gasteiger partial charge is 0.309 e. The quantitative estimate of drug-likeness (QED) is 0.829. The Morgan fingerprint density at radius 2 is 2.06 bits per heavy atom. The van der Waals surface area contributed by atoms with Crippen molar-refractivity contribution in [1.29, 1.82) is 0 Å². The molecule has 0 aliphatic carbocycles. The number of hydrogen-bond donors (Lipinski definition) is 1. The molecule has 0 aromatic heterocycles. The fourth-order valence-electron chi connectivity index (χ4n) is 2.38. The van der Waals surface area contributed by atoms with Gasteiger partial charge in [0.2, 0.25) is 0 Å². The van der Waals surface area contributed by atoms with Crippen molar-refractivity contribution in [1.82, 2.24) is 5.32 Å². The highest BCUT2D eigenvalue weighted by molar-refractivity contribution is 7.91. The van der Waals surface area contributed by atoms with E-state index in [1.165, 1.54) is 11.1 Å². The fourth-order valence-corrected chi connectivity index (χ4v) is 3.94. The number of sulfone groups is 1. The zero-order chi connectivity index (χ0) is 12.5. The lowest BCUT2D eigenvalue weighted by Gasteiger charge is -2.18. The highest BCUT2D eigenvalue weighted by Gasteiger charge is 2.24. The Morgan fingerprint density at radius 1 is 1.29 bits per heavy atom. The van der Waals surface area contributed by atoms with E-state index in [2.05, 4.69) is 11.4 Å². The standard InChI is InChI=1S/C13H19NO2S/c1-10-4-5-12(11(2)8-10)13-9-17(15,16)7-3-6-14-13/h4-5,8,13-14H,3,6-7,9H2,1-2H3. The molecule has 0 amide bonds. The third kappa shape index (κ3) is 3.07. The molecule has 94 valence electrons. The molecule has 1 heterocycles. The van der Waals surface area contributed by atoms with E-state index < -0.39 is 9.84 Å². The topological polar surface area (TPSA) is 46.2 Å². The zero-order valence-electron chi connectivity index (χ0n) is 10.4. The smallest absolute Gasteiger partial charge is 0.152 e. The average Bonchev–Trinajstić information content (AvgIpc) is 2.39. The third-order valence-electron chi connectivity index (χ3n) is 3.24. The summed E-state index contributed by atoms with van der Waals surface area (Å²) in [5, 5.41) is 3.33. The summed E-state index contributed by atoms with van der Waals surface area (Å²) in [6.07, 6.45) is 0.712. The molecule has 1 saturated heterocycles. The van der Waals surface area contributed by atoms with Crippen molar-refractivity contribution in [2.24, 2.45) is 0 Å². The van der Waals surface area contributed by atoms with Gasteiger partial charge in [0.1, 0.15) is 0 Å². The van der Waals surface area contributed by atoms with Gasteiger partial charge in [0, 0.05) is 6.04 Å². The van der Waals surface area contributed by atoms with Crippen LogP contribution in [-0.4, -0.2) is 26.5 Å². The lowest BCUT2D eigenvalue weighted by atomic mass is 10.0. The first kappa shape index (κ1) is 12.6. The van der Waals surface area contributed by atoms with E-state index in [1.807, 2.05) is 26.0 Å². The first-order chi connectivity index (χ1) is 7.98. The summed E-state index contributed by atoms with van der Waals surface area (Å²) in [6, 6.07) is 6.14. The van der Waals surface area contributed by atoms with Crippen molar-refractivity contribution in [3.05, 3.63) is 34.9 Å². The SMILES string of the molecule is Cc1ccc(C2CS(=O)(=O)CCCN2)c(C)c1. The van der Waals surface area contributed by atoms with Gasteiger partial charge in [0.25, 0.3) is 0 Å². The second-order valence-corrected chi connectivity index (χ2v) is 7.06. The predicted molar refractivity (Wildman–Crippen MR) is 69.9 cm³/mol. The van der Waals surface area contributed by atoms with Crippen LogP contribution < -0.4 is 5.32 Å². The molecular weight excluding hydrogens is 234 g/mol. The van der Waals surface area contributed by atoms with Gasteiger partial charge in [-0.15, -0.1) is 0 Å². The maximum atomic E-state index is 11.8. The Balaban J connectivity index is 2.32. The van der Waals surface area contributed by atoms with Crippen LogP contribution in [0.15, 0.2) is 18.2 Å². The molecule has 1 atom stereocenters. The number of nitrogens with one attached hydrogen (secondary N) is 1. The lowest BCUT2D eigenvalue weighted by molar-refractivity contribution is 0.570. The van der Waals surface area contributed by atoms with E-state index >= 15 is 0 Å². The molecule has 4 heteroatoms. The summed E-state index contributed by atoms with van der Waals surface area (Å²) >= 11 is 0. The molecule has 1 fully saturated rings. The van der Waals surface area contributed by atoms with E-state index in [4.69, 9.17) is 0 Å². The highest BCUT2D eigenvalue weighted by atomic mass is 32.2. The lowest BCUT2D eigenvalue weighted by Crippen LogP contribution is -2.26. The summed E-state index contributed by atoms with van der Waals surface area (Å²) in [6.45, 7) is 4.87. The average molecular weight is 253 g/mol. The molecule has 3 nitrogen and oxygen atoms in total. The minimum atomic E-state index is -2.91. The van der Waals surface area contributed by atoms with Crippen molar-refractivity contribution >= 4 is 9.84 Å². The minimum absolute atomic E-state index is 0.0527. The van der Waals surface area contributed by atoms with Gasteiger partial charge < -0.3 is 5.32 Å². The zero-order valence-corrected chi connectivity index (χ0v) is 11.2. The first-order valence-electron chi connectivity index (χ1n) is 5.99. The normalized spacial score (nSPS) is 24.2. The number of aryl methyl sites for hydroxylation is 2. The second kappa shape index (κ2) is 4.78. The van der Waals surface area contributed by atoms with Crippen LogP contribution in [0, 0.1) is 13.8 Å². The summed E-state index contributed by atoms with van der Waals surface area (Å²) in [5.74, 6) is 0.526. The molecule has 0 radical (unpaired) electrons. The molecule has 1 aliphatic rings. The Morgan fingerprint density at radius 3 is 2.76 bits per heavy atom. The van der Waals surface area contributed by atoms with E-state index in [0.717, 1.165) is 12.1 Å². The molecule has 2 rings (SSSR count). The molecule has 17 heavy (non-hydrogen) atoms. The summed E-state index contributed by atoms with van der Waals surface area (Å²) in [4.78, 5) is 0. The van der Waals surface area contributed by atoms with Gasteiger partial charge in [-0.25, -0.2) is 8.42 Å². The van der Waals surface area contributed by atoms with E-state index in [-0.39, 0.29) is 11.8 Å². The first-order valence-corrected chi connectivity index (χ1v) is 7.81. The monoisotopic (exact) mass is 253 g/mol. The number of benzene rings is 1. The van der Waals surface area contributed by atoms with Crippen LogP contribution in [0.4, 0.5) is 0 Å². The van der Waals surface area contributed by atoms with Gasteiger partial charge in [-0.1, -0.05) is 23.8 Å². The van der Waals surface area contributed by atoms with Crippen LogP contribution in [-0.2, 0) is 9.84 Å². The molecule has 0 spiro atoms. The van der Waals surface area contributed by atoms with Gasteiger partial charge in [-0.3, -0.25) is 0 Å². The fraction of sp³-hybridized carbons (Fsp3) is 0.538. The Bertz CT molecular complexity index is 508. The molecule has 1 unspecified atom stereocenters. The molecule has 0 bridgehead atoms. The molecule has 1 aromatic carbocycles. The van der Waals surface area contributed by atoms with Crippen molar-refractivity contribution in [3.63, 3.8) is 0 Å². The summed E-state index contributed by atoms with van der Waals surface area (Å²) in [7, 11) is -2.91. The van der Waals surface area contributed by atoms with Gasteiger partial charge in [0.15, 0.2) is 9.84 Å². The van der Waals surface area contributed by atoms with Crippen LogP contribution in [0.3, 0.4) is 0 Å². The van der Waals surface area contributed by atoms with Crippen LogP contribution in [0.2, 0.25) is 0 Å². The Kier molecular flexibility index (Phi) is 3.54. The molecule has 0 saturated carbocycles. The maximum absolute atomic E-state index is 11.8. The van der Waals surface area contributed by atoms with Crippen LogP contribution in [0.25, 0.3) is 0 Å². The van der Waals surface area contributed by atoms with Crippen molar-refractivity contribution in [2.75, 3.05) is 18.1 Å². The number of rotatable bonds is 1. The predicted octanol–water partition coefficient (Wildman–Crippen LogP) is 1.75. The molecule has 1 N–H and O–H groups in total. The summed E-state index contributed by atoms with van der Waals surface area (Å²) in [5.41, 5.74) is 3.49. The molecule has 1 aromatic rings. The van der Waals surface area contributed by atoms with Gasteiger partial charge in [-0.2, -0.15) is 0 Å². The van der Waals surface area contributed by atoms with Crippen molar-refractivity contribution < 1.29 is 8.42 Å². The minimum Gasteiger partial charge on any atom is -0.309 e. The molecular formula is C13H19NO2S. The van der Waals surface area contributed by atoms with Gasteiger partial charge in [-0.05, 0) is 37.9 Å². The van der Waals surface area contributed by atoms with E-state index in [0.29, 0.717) is 12.2 Å². The van der Waals surface area contributed by atoms with Gasteiger partial charge >= 0.3 is 0 Å². The van der Waals surface area contributed by atoms with Crippen molar-refractivity contribution in [2.45, 2.75) is 26.3 Å². The van der Waals surface area contributed by atoms with Crippen molar-refractivity contribution in [3.8, 4) is 0 Å². The Labute approximate surface area is 103 Å². The van der Waals surface area contributed by atoms with E-state index in [9.17, 15) is 8.42 Å². The maximum Gasteiger partial charge on any atom is 0.152 e.